The third kappa shape index (κ3) is 4.67. The normalized spacial score (nSPS) is 15.0. The van der Waals surface area contributed by atoms with Crippen LogP contribution in [0.3, 0.4) is 0 Å². The van der Waals surface area contributed by atoms with E-state index in [1.165, 1.54) is 18.3 Å². The number of aromatic nitrogens is 1. The molecule has 1 fully saturated rings. The number of pyridine rings is 1. The van der Waals surface area contributed by atoms with Crippen molar-refractivity contribution in [2.45, 2.75) is 20.3 Å². The number of amides is 2. The summed E-state index contributed by atoms with van der Waals surface area (Å²) in [5, 5.41) is 0. The summed E-state index contributed by atoms with van der Waals surface area (Å²) in [4.78, 5) is 44.0. The maximum atomic E-state index is 12.4. The smallest absolute Gasteiger partial charge is 0.255 e. The van der Waals surface area contributed by atoms with Crippen molar-refractivity contribution in [1.29, 1.82) is 0 Å². The van der Waals surface area contributed by atoms with E-state index in [0.717, 1.165) is 19.6 Å². The van der Waals surface area contributed by atoms with Crippen LogP contribution in [0.1, 0.15) is 30.6 Å². The summed E-state index contributed by atoms with van der Waals surface area (Å²) in [5.74, 6) is 0.0412. The molecule has 0 radical (unpaired) electrons. The minimum atomic E-state index is -0.227. The van der Waals surface area contributed by atoms with Crippen molar-refractivity contribution >= 4 is 11.8 Å². The molecule has 0 saturated carbocycles. The van der Waals surface area contributed by atoms with Crippen LogP contribution in [-0.2, 0) is 4.79 Å². The molecule has 2 heterocycles. The van der Waals surface area contributed by atoms with E-state index in [-0.39, 0.29) is 17.4 Å². The Hall–Kier alpha value is -2.15. The molecule has 0 atom stereocenters. The molecule has 7 nitrogen and oxygen atoms in total. The van der Waals surface area contributed by atoms with E-state index < -0.39 is 0 Å². The summed E-state index contributed by atoms with van der Waals surface area (Å²) >= 11 is 0. The Labute approximate surface area is 142 Å². The Morgan fingerprint density at radius 1 is 1.08 bits per heavy atom. The molecule has 0 aliphatic carbocycles. The molecule has 7 heteroatoms. The number of H-pyrrole nitrogens is 1. The predicted octanol–water partition coefficient (Wildman–Crippen LogP) is 0.391. The van der Waals surface area contributed by atoms with Gasteiger partial charge in [-0.25, -0.2) is 0 Å². The van der Waals surface area contributed by atoms with Crippen LogP contribution in [0.25, 0.3) is 0 Å². The quantitative estimate of drug-likeness (QED) is 0.816. The molecular formula is C17H26N4O3. The van der Waals surface area contributed by atoms with Crippen LogP contribution in [0.5, 0.6) is 0 Å². The summed E-state index contributed by atoms with van der Waals surface area (Å²) in [6, 6.07) is 2.88. The first-order valence-corrected chi connectivity index (χ1v) is 8.53. The molecule has 1 aliphatic heterocycles. The van der Waals surface area contributed by atoms with Gasteiger partial charge in [0, 0.05) is 51.4 Å². The topological polar surface area (TPSA) is 76.7 Å². The van der Waals surface area contributed by atoms with Gasteiger partial charge in [0.2, 0.25) is 11.5 Å². The number of carbonyl (C=O) groups is 2. The Morgan fingerprint density at radius 2 is 1.71 bits per heavy atom. The van der Waals surface area contributed by atoms with Crippen LogP contribution in [-0.4, -0.2) is 77.3 Å². The summed E-state index contributed by atoms with van der Waals surface area (Å²) in [7, 11) is 0. The number of hydrogen-bond acceptors (Lipinski definition) is 4. The fourth-order valence-electron chi connectivity index (χ4n) is 2.84. The number of nitrogens with zero attached hydrogens (tertiary/aromatic N) is 3. The zero-order valence-electron chi connectivity index (χ0n) is 14.5. The number of nitrogens with one attached hydrogen (secondary N) is 1. The molecule has 24 heavy (non-hydrogen) atoms. The molecule has 0 spiro atoms. The monoisotopic (exact) mass is 334 g/mol. The minimum Gasteiger partial charge on any atom is -0.339 e. The maximum Gasteiger partial charge on any atom is 0.255 e. The third-order valence-electron chi connectivity index (χ3n) is 4.49. The second-order valence-corrected chi connectivity index (χ2v) is 5.89. The minimum absolute atomic E-state index is 0.110. The van der Waals surface area contributed by atoms with Crippen LogP contribution in [0, 0.1) is 0 Å². The predicted molar refractivity (Wildman–Crippen MR) is 92.0 cm³/mol. The van der Waals surface area contributed by atoms with E-state index in [0.29, 0.717) is 38.2 Å². The van der Waals surface area contributed by atoms with Crippen LogP contribution in [0.4, 0.5) is 0 Å². The standard InChI is InChI=1S/C17H26N4O3/c1-3-19(4-2)8-7-16(23)20-9-11-21(12-10-20)17(24)14-5-6-15(22)18-13-14/h5-6,13H,3-4,7-12H2,1-2H3,(H,18,22). The number of carbonyl (C=O) groups excluding carboxylic acids is 2. The van der Waals surface area contributed by atoms with Gasteiger partial charge in [-0.1, -0.05) is 13.8 Å². The lowest BCUT2D eigenvalue weighted by Gasteiger charge is -2.35. The van der Waals surface area contributed by atoms with Crippen molar-refractivity contribution in [3.8, 4) is 0 Å². The highest BCUT2D eigenvalue weighted by Gasteiger charge is 2.24. The van der Waals surface area contributed by atoms with Crippen LogP contribution >= 0.6 is 0 Å². The molecule has 1 N–H and O–H groups in total. The number of rotatable bonds is 6. The highest BCUT2D eigenvalue weighted by atomic mass is 16.2. The van der Waals surface area contributed by atoms with Crippen molar-refractivity contribution in [2.24, 2.45) is 0 Å². The maximum absolute atomic E-state index is 12.4. The molecule has 132 valence electrons. The molecule has 1 aliphatic rings. The first kappa shape index (κ1) is 18.2. The van der Waals surface area contributed by atoms with Crippen molar-refractivity contribution in [3.05, 3.63) is 34.2 Å². The second kappa shape index (κ2) is 8.63. The zero-order chi connectivity index (χ0) is 17.5. The van der Waals surface area contributed by atoms with Gasteiger partial charge in [0.25, 0.3) is 5.91 Å². The largest absolute Gasteiger partial charge is 0.339 e. The average molecular weight is 334 g/mol. The van der Waals surface area contributed by atoms with Gasteiger partial charge < -0.3 is 19.7 Å². The molecule has 1 aromatic rings. The Morgan fingerprint density at radius 3 is 2.25 bits per heavy atom. The molecule has 1 saturated heterocycles. The van der Waals surface area contributed by atoms with Crippen molar-refractivity contribution in [2.75, 3.05) is 45.8 Å². The first-order chi connectivity index (χ1) is 11.5. The van der Waals surface area contributed by atoms with E-state index in [2.05, 4.69) is 23.7 Å². The molecule has 1 aromatic heterocycles. The van der Waals surface area contributed by atoms with Crippen molar-refractivity contribution in [1.82, 2.24) is 19.7 Å². The van der Waals surface area contributed by atoms with E-state index in [9.17, 15) is 14.4 Å². The first-order valence-electron chi connectivity index (χ1n) is 8.53. The number of piperazine rings is 1. The van der Waals surface area contributed by atoms with Crippen molar-refractivity contribution < 1.29 is 9.59 Å². The molecule has 2 amide bonds. The summed E-state index contributed by atoms with van der Waals surface area (Å²) in [6.45, 7) is 9.03. The number of aromatic amines is 1. The van der Waals surface area contributed by atoms with E-state index >= 15 is 0 Å². The van der Waals surface area contributed by atoms with E-state index in [4.69, 9.17) is 0 Å². The van der Waals surface area contributed by atoms with E-state index in [1.54, 1.807) is 4.90 Å². The summed E-state index contributed by atoms with van der Waals surface area (Å²) in [6.07, 6.45) is 1.96. The van der Waals surface area contributed by atoms with Crippen molar-refractivity contribution in [3.63, 3.8) is 0 Å². The summed E-state index contributed by atoms with van der Waals surface area (Å²) in [5.41, 5.74) is 0.242. The Kier molecular flexibility index (Phi) is 6.54. The zero-order valence-corrected chi connectivity index (χ0v) is 14.5. The van der Waals surface area contributed by atoms with Gasteiger partial charge in [-0.2, -0.15) is 0 Å². The van der Waals surface area contributed by atoms with Gasteiger partial charge in [0.05, 0.1) is 5.56 Å². The van der Waals surface area contributed by atoms with Gasteiger partial charge >= 0.3 is 0 Å². The number of hydrogen-bond donors (Lipinski definition) is 1. The molecule has 0 unspecified atom stereocenters. The van der Waals surface area contributed by atoms with Gasteiger partial charge in [-0.05, 0) is 19.2 Å². The van der Waals surface area contributed by atoms with Crippen LogP contribution < -0.4 is 5.56 Å². The SMILES string of the molecule is CCN(CC)CCC(=O)N1CCN(C(=O)c2ccc(=O)[nH]c2)CC1. The van der Waals surface area contributed by atoms with Gasteiger partial charge in [0.15, 0.2) is 0 Å². The molecular weight excluding hydrogens is 308 g/mol. The Balaban J connectivity index is 1.82. The van der Waals surface area contributed by atoms with E-state index in [1.807, 2.05) is 4.90 Å². The van der Waals surface area contributed by atoms with Crippen LogP contribution in [0.15, 0.2) is 23.1 Å². The highest BCUT2D eigenvalue weighted by Crippen LogP contribution is 2.09. The van der Waals surface area contributed by atoms with Gasteiger partial charge in [-0.3, -0.25) is 14.4 Å². The lowest BCUT2D eigenvalue weighted by molar-refractivity contribution is -0.133. The van der Waals surface area contributed by atoms with Gasteiger partial charge in [-0.15, -0.1) is 0 Å². The fourth-order valence-corrected chi connectivity index (χ4v) is 2.84. The Bertz CT molecular complexity index is 596. The molecule has 0 aromatic carbocycles. The highest BCUT2D eigenvalue weighted by molar-refractivity contribution is 5.94. The lowest BCUT2D eigenvalue weighted by Crippen LogP contribution is -2.51. The second-order valence-electron chi connectivity index (χ2n) is 5.89. The molecule has 0 bridgehead atoms. The van der Waals surface area contributed by atoms with Crippen LogP contribution in [0.2, 0.25) is 0 Å². The lowest BCUT2D eigenvalue weighted by atomic mass is 10.2. The average Bonchev–Trinajstić information content (AvgIpc) is 2.62. The van der Waals surface area contributed by atoms with Gasteiger partial charge in [0.1, 0.15) is 0 Å². The fraction of sp³-hybridized carbons (Fsp3) is 0.588. The summed E-state index contributed by atoms with van der Waals surface area (Å²) < 4.78 is 0. The molecule has 2 rings (SSSR count). The third-order valence-corrected chi connectivity index (χ3v) is 4.49.